The Labute approximate surface area is 73.2 Å². The first-order valence-corrected chi connectivity index (χ1v) is 4.47. The van der Waals surface area contributed by atoms with Gasteiger partial charge < -0.3 is 0 Å². The molecule has 0 unspecified atom stereocenters. The second kappa shape index (κ2) is 4.75. The molecule has 9 heavy (non-hydrogen) atoms. The molecule has 0 aliphatic carbocycles. The van der Waals surface area contributed by atoms with Crippen LogP contribution in [0.2, 0.25) is 0 Å². The van der Waals surface area contributed by atoms with Crippen LogP contribution in [-0.2, 0) is 0 Å². The first kappa shape index (κ1) is 9.99. The largest absolute Gasteiger partial charge is 0.146 e. The van der Waals surface area contributed by atoms with Crippen LogP contribution in [0.15, 0.2) is 0 Å². The molecule has 0 radical (unpaired) electrons. The van der Waals surface area contributed by atoms with Gasteiger partial charge in [0, 0.05) is 0 Å². The molecule has 0 saturated carbocycles. The standard InChI is InChI=1S/C6H13ClS2/c1-2-3-4-5-6(7,8)9/h8-9H,2-5H2,1H3. The molecule has 0 saturated heterocycles. The van der Waals surface area contributed by atoms with Gasteiger partial charge in [-0.25, -0.2) is 0 Å². The van der Waals surface area contributed by atoms with Gasteiger partial charge in [0.1, 0.15) is 3.54 Å². The van der Waals surface area contributed by atoms with Gasteiger partial charge in [0.2, 0.25) is 0 Å². The third-order valence-corrected chi connectivity index (χ3v) is 1.73. The van der Waals surface area contributed by atoms with Gasteiger partial charge in [0.25, 0.3) is 0 Å². The predicted molar refractivity (Wildman–Crippen MR) is 50.7 cm³/mol. The summed E-state index contributed by atoms with van der Waals surface area (Å²) < 4.78 is -0.588. The Hall–Kier alpha value is 0.990. The van der Waals surface area contributed by atoms with E-state index < -0.39 is 3.54 Å². The molecular formula is C6H13ClS2. The van der Waals surface area contributed by atoms with Crippen LogP contribution in [-0.4, -0.2) is 3.54 Å². The van der Waals surface area contributed by atoms with E-state index in [1.807, 2.05) is 0 Å². The van der Waals surface area contributed by atoms with Crippen molar-refractivity contribution in [1.29, 1.82) is 0 Å². The molecule has 0 fully saturated rings. The fourth-order valence-corrected chi connectivity index (χ4v) is 1.05. The monoisotopic (exact) mass is 184 g/mol. The molecule has 0 bridgehead atoms. The lowest BCUT2D eigenvalue weighted by molar-refractivity contribution is 0.685. The first-order chi connectivity index (χ1) is 4.06. The Morgan fingerprint density at radius 1 is 1.33 bits per heavy atom. The summed E-state index contributed by atoms with van der Waals surface area (Å²) in [6, 6.07) is 0. The molecule has 0 aliphatic rings. The van der Waals surface area contributed by atoms with Gasteiger partial charge in [0.15, 0.2) is 0 Å². The lowest BCUT2D eigenvalue weighted by atomic mass is 10.2. The Balaban J connectivity index is 3.07. The molecule has 0 nitrogen and oxygen atoms in total. The average molecular weight is 185 g/mol. The highest BCUT2D eigenvalue weighted by Gasteiger charge is 2.13. The molecule has 56 valence electrons. The van der Waals surface area contributed by atoms with Crippen molar-refractivity contribution in [2.75, 3.05) is 0 Å². The van der Waals surface area contributed by atoms with Gasteiger partial charge in [-0.1, -0.05) is 31.4 Å². The molecule has 0 amide bonds. The number of hydrogen-bond donors (Lipinski definition) is 2. The second-order valence-electron chi connectivity index (χ2n) is 2.18. The van der Waals surface area contributed by atoms with Crippen molar-refractivity contribution in [2.24, 2.45) is 0 Å². The van der Waals surface area contributed by atoms with Crippen LogP contribution in [0.1, 0.15) is 32.6 Å². The van der Waals surface area contributed by atoms with Gasteiger partial charge >= 0.3 is 0 Å². The maximum absolute atomic E-state index is 5.70. The van der Waals surface area contributed by atoms with Crippen LogP contribution in [0.25, 0.3) is 0 Å². The van der Waals surface area contributed by atoms with E-state index in [2.05, 4.69) is 32.2 Å². The molecule has 0 aromatic carbocycles. The summed E-state index contributed by atoms with van der Waals surface area (Å²) in [4.78, 5) is 0. The van der Waals surface area contributed by atoms with Crippen molar-refractivity contribution in [3.8, 4) is 0 Å². The fraction of sp³-hybridized carbons (Fsp3) is 1.00. The van der Waals surface area contributed by atoms with Crippen LogP contribution in [0.5, 0.6) is 0 Å². The van der Waals surface area contributed by atoms with E-state index in [-0.39, 0.29) is 0 Å². The van der Waals surface area contributed by atoms with Crippen LogP contribution in [0.3, 0.4) is 0 Å². The Morgan fingerprint density at radius 2 is 1.89 bits per heavy atom. The smallest absolute Gasteiger partial charge is 0.129 e. The molecule has 0 aromatic rings. The van der Waals surface area contributed by atoms with Crippen molar-refractivity contribution in [3.63, 3.8) is 0 Å². The van der Waals surface area contributed by atoms with E-state index in [0.717, 1.165) is 12.8 Å². The molecule has 0 spiro atoms. The minimum absolute atomic E-state index is 0.588. The first-order valence-electron chi connectivity index (χ1n) is 3.20. The Bertz CT molecular complexity index is 67.9. The lowest BCUT2D eigenvalue weighted by Gasteiger charge is -2.11. The molecular weight excluding hydrogens is 172 g/mol. The topological polar surface area (TPSA) is 0 Å². The zero-order chi connectivity index (χ0) is 7.33. The van der Waals surface area contributed by atoms with Crippen molar-refractivity contribution in [3.05, 3.63) is 0 Å². The van der Waals surface area contributed by atoms with E-state index in [1.165, 1.54) is 12.8 Å². The number of alkyl halides is 1. The van der Waals surface area contributed by atoms with Gasteiger partial charge in [-0.05, 0) is 12.8 Å². The minimum atomic E-state index is -0.588. The van der Waals surface area contributed by atoms with Crippen molar-refractivity contribution >= 4 is 36.9 Å². The normalized spacial score (nSPS) is 12.0. The van der Waals surface area contributed by atoms with Crippen LogP contribution in [0, 0.1) is 0 Å². The zero-order valence-corrected chi connectivity index (χ0v) is 8.15. The molecule has 0 N–H and O–H groups in total. The Morgan fingerprint density at radius 3 is 2.22 bits per heavy atom. The minimum Gasteiger partial charge on any atom is -0.146 e. The van der Waals surface area contributed by atoms with Gasteiger partial charge in [-0.3, -0.25) is 0 Å². The van der Waals surface area contributed by atoms with E-state index in [9.17, 15) is 0 Å². The van der Waals surface area contributed by atoms with Crippen molar-refractivity contribution in [2.45, 2.75) is 36.1 Å². The molecule has 0 aliphatic heterocycles. The number of thiol groups is 2. The fourth-order valence-electron chi connectivity index (χ4n) is 0.600. The Kier molecular flexibility index (Phi) is 5.27. The van der Waals surface area contributed by atoms with Crippen LogP contribution < -0.4 is 0 Å². The number of unbranched alkanes of at least 4 members (excludes halogenated alkanes) is 2. The average Bonchev–Trinajstić information content (AvgIpc) is 1.63. The van der Waals surface area contributed by atoms with E-state index in [0.29, 0.717) is 0 Å². The van der Waals surface area contributed by atoms with Gasteiger partial charge in [0.05, 0.1) is 0 Å². The van der Waals surface area contributed by atoms with E-state index in [4.69, 9.17) is 11.6 Å². The van der Waals surface area contributed by atoms with E-state index in [1.54, 1.807) is 0 Å². The van der Waals surface area contributed by atoms with Crippen LogP contribution >= 0.6 is 36.9 Å². The maximum Gasteiger partial charge on any atom is 0.129 e. The van der Waals surface area contributed by atoms with Crippen molar-refractivity contribution < 1.29 is 0 Å². The summed E-state index contributed by atoms with van der Waals surface area (Å²) in [6.45, 7) is 2.16. The summed E-state index contributed by atoms with van der Waals surface area (Å²) in [5.74, 6) is 0. The maximum atomic E-state index is 5.70. The van der Waals surface area contributed by atoms with E-state index >= 15 is 0 Å². The molecule has 3 heteroatoms. The third-order valence-electron chi connectivity index (χ3n) is 1.10. The van der Waals surface area contributed by atoms with Crippen molar-refractivity contribution in [1.82, 2.24) is 0 Å². The lowest BCUT2D eigenvalue weighted by Crippen LogP contribution is -2.00. The summed E-state index contributed by atoms with van der Waals surface area (Å²) in [5, 5.41) is 0. The molecule has 0 heterocycles. The molecule has 0 rings (SSSR count). The highest BCUT2D eigenvalue weighted by Crippen LogP contribution is 2.30. The zero-order valence-electron chi connectivity index (χ0n) is 5.60. The number of rotatable bonds is 4. The predicted octanol–water partition coefficient (Wildman–Crippen LogP) is 3.32. The third kappa shape index (κ3) is 8.99. The summed E-state index contributed by atoms with van der Waals surface area (Å²) in [5.41, 5.74) is 0. The highest BCUT2D eigenvalue weighted by molar-refractivity contribution is 8.02. The summed E-state index contributed by atoms with van der Waals surface area (Å²) >= 11 is 13.8. The highest BCUT2D eigenvalue weighted by atomic mass is 35.5. The summed E-state index contributed by atoms with van der Waals surface area (Å²) in [6.07, 6.45) is 4.42. The SMILES string of the molecule is CCCCCC(S)(S)Cl. The van der Waals surface area contributed by atoms with Gasteiger partial charge in [-0.15, -0.1) is 25.3 Å². The number of hydrogen-bond acceptors (Lipinski definition) is 2. The molecule has 0 atom stereocenters. The quantitative estimate of drug-likeness (QED) is 0.285. The molecule has 0 aromatic heterocycles. The van der Waals surface area contributed by atoms with Crippen LogP contribution in [0.4, 0.5) is 0 Å². The summed E-state index contributed by atoms with van der Waals surface area (Å²) in [7, 11) is 0. The number of halogens is 1. The van der Waals surface area contributed by atoms with Gasteiger partial charge in [-0.2, -0.15) is 0 Å². The second-order valence-corrected chi connectivity index (χ2v) is 5.23.